The first-order chi connectivity index (χ1) is 15.5. The molecular weight excluding hydrogens is 420 g/mol. The van der Waals surface area contributed by atoms with Crippen molar-refractivity contribution in [1.29, 1.82) is 0 Å². The minimum atomic E-state index is -0.119. The first-order valence-electron chi connectivity index (χ1n) is 11.8. The lowest BCUT2D eigenvalue weighted by atomic mass is 9.90. The number of nitrogens with one attached hydrogen (secondary N) is 1. The number of likely N-dealkylation sites (tertiary alicyclic amines) is 2. The van der Waals surface area contributed by atoms with Crippen LogP contribution in [0.5, 0.6) is 0 Å². The first kappa shape index (κ1) is 22.9. The summed E-state index contributed by atoms with van der Waals surface area (Å²) in [6, 6.07) is 10.5. The van der Waals surface area contributed by atoms with Crippen LogP contribution in [0.3, 0.4) is 0 Å². The second-order valence-corrected chi connectivity index (χ2v) is 10.1. The minimum Gasteiger partial charge on any atom is -0.341 e. The number of hydrogen-bond acceptors (Lipinski definition) is 5. The van der Waals surface area contributed by atoms with E-state index >= 15 is 0 Å². The number of nitrogens with zero attached hydrogens (tertiary/aromatic N) is 3. The third-order valence-corrected chi connectivity index (χ3v) is 7.82. The van der Waals surface area contributed by atoms with Gasteiger partial charge in [-0.05, 0) is 70.5 Å². The van der Waals surface area contributed by atoms with E-state index in [-0.39, 0.29) is 23.8 Å². The lowest BCUT2D eigenvalue weighted by Gasteiger charge is -2.39. The van der Waals surface area contributed by atoms with Crippen molar-refractivity contribution in [2.24, 2.45) is 11.8 Å². The molecule has 7 heteroatoms. The number of carbonyl (C=O) groups is 2. The fourth-order valence-corrected chi connectivity index (χ4v) is 5.58. The molecule has 172 valence electrons. The molecular formula is C25H34N4O2S. The Hall–Kier alpha value is -2.25. The standard InChI is InChI=1S/C25H34N4O2S/c1-18-17-32-25(26-18)27-23(30)22-10-14-28(15-11-22)19(2)24(31)29-12-8-21(9-13-29)16-20-6-4-3-5-7-20/h3-7,17,19,21-22H,8-16H2,1-2H3,(H,26,27,30). The molecule has 2 aromatic rings. The van der Waals surface area contributed by atoms with Gasteiger partial charge >= 0.3 is 0 Å². The number of benzene rings is 1. The van der Waals surface area contributed by atoms with E-state index < -0.39 is 0 Å². The Morgan fingerprint density at radius 2 is 1.78 bits per heavy atom. The van der Waals surface area contributed by atoms with Crippen LogP contribution in [0.4, 0.5) is 5.13 Å². The van der Waals surface area contributed by atoms with Crippen molar-refractivity contribution in [1.82, 2.24) is 14.8 Å². The summed E-state index contributed by atoms with van der Waals surface area (Å²) in [5.74, 6) is 0.946. The van der Waals surface area contributed by atoms with Gasteiger partial charge < -0.3 is 10.2 Å². The van der Waals surface area contributed by atoms with Gasteiger partial charge in [-0.15, -0.1) is 11.3 Å². The van der Waals surface area contributed by atoms with Gasteiger partial charge in [0.2, 0.25) is 11.8 Å². The highest BCUT2D eigenvalue weighted by Gasteiger charge is 2.33. The average molecular weight is 455 g/mol. The van der Waals surface area contributed by atoms with E-state index in [0.717, 1.165) is 64.0 Å². The van der Waals surface area contributed by atoms with Crippen molar-refractivity contribution in [2.45, 2.75) is 52.0 Å². The SMILES string of the molecule is Cc1csc(NC(=O)C2CCN(C(C)C(=O)N3CCC(Cc4ccccc4)CC3)CC2)n1. The Balaban J connectivity index is 1.20. The molecule has 4 rings (SSSR count). The molecule has 32 heavy (non-hydrogen) atoms. The van der Waals surface area contributed by atoms with Crippen LogP contribution in [0.15, 0.2) is 35.7 Å². The molecule has 2 aliphatic rings. The lowest BCUT2D eigenvalue weighted by molar-refractivity contribution is -0.138. The van der Waals surface area contributed by atoms with E-state index in [4.69, 9.17) is 0 Å². The molecule has 1 aromatic heterocycles. The third kappa shape index (κ3) is 5.75. The van der Waals surface area contributed by atoms with Gasteiger partial charge in [-0.3, -0.25) is 14.5 Å². The highest BCUT2D eigenvalue weighted by molar-refractivity contribution is 7.13. The van der Waals surface area contributed by atoms with Crippen LogP contribution >= 0.6 is 11.3 Å². The van der Waals surface area contributed by atoms with Gasteiger partial charge in [0.1, 0.15) is 0 Å². The van der Waals surface area contributed by atoms with Gasteiger partial charge in [0, 0.05) is 24.4 Å². The van der Waals surface area contributed by atoms with Gasteiger partial charge in [-0.1, -0.05) is 30.3 Å². The molecule has 2 fully saturated rings. The first-order valence-corrected chi connectivity index (χ1v) is 12.7. The Bertz CT molecular complexity index is 900. The van der Waals surface area contributed by atoms with Crippen LogP contribution in [-0.4, -0.2) is 58.8 Å². The van der Waals surface area contributed by atoms with Crippen LogP contribution in [-0.2, 0) is 16.0 Å². The second-order valence-electron chi connectivity index (χ2n) is 9.23. The molecule has 2 aliphatic heterocycles. The van der Waals surface area contributed by atoms with Gasteiger partial charge in [-0.2, -0.15) is 0 Å². The topological polar surface area (TPSA) is 65.5 Å². The number of aromatic nitrogens is 1. The second kappa shape index (κ2) is 10.6. The van der Waals surface area contributed by atoms with E-state index in [1.807, 2.05) is 19.2 Å². The Morgan fingerprint density at radius 1 is 1.09 bits per heavy atom. The van der Waals surface area contributed by atoms with Gasteiger partial charge in [0.15, 0.2) is 5.13 Å². The molecule has 0 radical (unpaired) electrons. The number of aryl methyl sites for hydroxylation is 1. The number of amides is 2. The van der Waals surface area contributed by atoms with Crippen molar-refractivity contribution in [3.05, 3.63) is 47.0 Å². The predicted molar refractivity (Wildman–Crippen MR) is 129 cm³/mol. The Kier molecular flexibility index (Phi) is 7.58. The van der Waals surface area contributed by atoms with Crippen LogP contribution in [0, 0.1) is 18.8 Å². The average Bonchev–Trinajstić information content (AvgIpc) is 3.23. The lowest BCUT2D eigenvalue weighted by Crippen LogP contribution is -2.52. The molecule has 1 atom stereocenters. The normalized spacial score (nSPS) is 19.6. The van der Waals surface area contributed by atoms with Crippen molar-refractivity contribution < 1.29 is 9.59 Å². The number of anilines is 1. The molecule has 3 heterocycles. The van der Waals surface area contributed by atoms with Gasteiger partial charge in [0.05, 0.1) is 11.7 Å². The zero-order valence-corrected chi connectivity index (χ0v) is 19.9. The summed E-state index contributed by atoms with van der Waals surface area (Å²) in [4.78, 5) is 34.3. The molecule has 0 aliphatic carbocycles. The summed E-state index contributed by atoms with van der Waals surface area (Å²) >= 11 is 1.46. The molecule has 2 saturated heterocycles. The zero-order valence-electron chi connectivity index (χ0n) is 19.1. The monoisotopic (exact) mass is 454 g/mol. The predicted octanol–water partition coefficient (Wildman–Crippen LogP) is 3.97. The van der Waals surface area contributed by atoms with Crippen molar-refractivity contribution >= 4 is 28.3 Å². The van der Waals surface area contributed by atoms with Crippen LogP contribution in [0.25, 0.3) is 0 Å². The van der Waals surface area contributed by atoms with Gasteiger partial charge in [0.25, 0.3) is 0 Å². The quantitative estimate of drug-likeness (QED) is 0.717. The minimum absolute atomic E-state index is 0.00788. The van der Waals surface area contributed by atoms with E-state index in [1.54, 1.807) is 0 Å². The maximum Gasteiger partial charge on any atom is 0.239 e. The molecule has 0 spiro atoms. The Morgan fingerprint density at radius 3 is 2.41 bits per heavy atom. The smallest absolute Gasteiger partial charge is 0.239 e. The molecule has 0 bridgehead atoms. The number of hydrogen-bond donors (Lipinski definition) is 1. The largest absolute Gasteiger partial charge is 0.341 e. The molecule has 1 aromatic carbocycles. The van der Waals surface area contributed by atoms with Crippen molar-refractivity contribution in [2.75, 3.05) is 31.5 Å². The van der Waals surface area contributed by atoms with E-state index in [9.17, 15) is 9.59 Å². The molecule has 2 amide bonds. The summed E-state index contributed by atoms with van der Waals surface area (Å²) in [7, 11) is 0. The number of piperidine rings is 2. The third-order valence-electron chi connectivity index (χ3n) is 6.95. The van der Waals surface area contributed by atoms with Crippen LogP contribution in [0.2, 0.25) is 0 Å². The fraction of sp³-hybridized carbons (Fsp3) is 0.560. The number of thiazole rings is 1. The van der Waals surface area contributed by atoms with E-state index in [0.29, 0.717) is 11.0 Å². The van der Waals surface area contributed by atoms with Crippen molar-refractivity contribution in [3.63, 3.8) is 0 Å². The zero-order chi connectivity index (χ0) is 22.5. The number of carbonyl (C=O) groups excluding carboxylic acids is 2. The maximum atomic E-state index is 13.1. The van der Waals surface area contributed by atoms with Crippen molar-refractivity contribution in [3.8, 4) is 0 Å². The summed E-state index contributed by atoms with van der Waals surface area (Å²) in [5, 5.41) is 5.56. The van der Waals surface area contributed by atoms with Crippen LogP contribution < -0.4 is 5.32 Å². The summed E-state index contributed by atoms with van der Waals surface area (Å²) in [6.07, 6.45) is 4.83. The fourth-order valence-electron chi connectivity index (χ4n) is 4.89. The molecule has 6 nitrogen and oxygen atoms in total. The highest BCUT2D eigenvalue weighted by atomic mass is 32.1. The summed E-state index contributed by atoms with van der Waals surface area (Å²) in [6.45, 7) is 7.23. The summed E-state index contributed by atoms with van der Waals surface area (Å²) < 4.78 is 0. The summed E-state index contributed by atoms with van der Waals surface area (Å²) in [5.41, 5.74) is 2.32. The van der Waals surface area contributed by atoms with E-state index in [1.165, 1.54) is 16.9 Å². The number of rotatable bonds is 6. The molecule has 1 unspecified atom stereocenters. The van der Waals surface area contributed by atoms with Gasteiger partial charge in [-0.25, -0.2) is 4.98 Å². The van der Waals surface area contributed by atoms with E-state index in [2.05, 4.69) is 50.4 Å². The Labute approximate surface area is 195 Å². The maximum absolute atomic E-state index is 13.1. The molecule has 1 N–H and O–H groups in total. The molecule has 0 saturated carbocycles. The highest BCUT2D eigenvalue weighted by Crippen LogP contribution is 2.25. The van der Waals surface area contributed by atoms with Crippen LogP contribution in [0.1, 0.15) is 43.9 Å².